The van der Waals surface area contributed by atoms with E-state index in [-0.39, 0.29) is 0 Å². The van der Waals surface area contributed by atoms with Crippen molar-refractivity contribution < 1.29 is 4.74 Å². The Balaban J connectivity index is 1.55. The summed E-state index contributed by atoms with van der Waals surface area (Å²) in [6.07, 6.45) is 2.60. The van der Waals surface area contributed by atoms with E-state index in [4.69, 9.17) is 4.74 Å². The molecule has 3 rings (SSSR count). The van der Waals surface area contributed by atoms with Crippen LogP contribution >= 0.6 is 0 Å². The highest BCUT2D eigenvalue weighted by molar-refractivity contribution is 5.49. The van der Waals surface area contributed by atoms with Crippen LogP contribution < -0.4 is 10.1 Å². The summed E-state index contributed by atoms with van der Waals surface area (Å²) >= 11 is 0. The number of benzene rings is 1. The summed E-state index contributed by atoms with van der Waals surface area (Å²) in [5.41, 5.74) is 1.20. The second kappa shape index (κ2) is 6.67. The lowest BCUT2D eigenvalue weighted by Crippen LogP contribution is -2.39. The van der Waals surface area contributed by atoms with Crippen molar-refractivity contribution in [2.45, 2.75) is 18.9 Å². The minimum atomic E-state index is 0.626. The Labute approximate surface area is 128 Å². The molecule has 2 saturated heterocycles. The van der Waals surface area contributed by atoms with E-state index < -0.39 is 0 Å². The van der Waals surface area contributed by atoms with E-state index in [1.165, 1.54) is 38.2 Å². The Morgan fingerprint density at radius 1 is 1.29 bits per heavy atom. The molecule has 0 amide bonds. The summed E-state index contributed by atoms with van der Waals surface area (Å²) in [5, 5.41) is 3.73. The van der Waals surface area contributed by atoms with Crippen molar-refractivity contribution in [2.75, 3.05) is 52.2 Å². The van der Waals surface area contributed by atoms with Gasteiger partial charge in [0, 0.05) is 37.4 Å². The van der Waals surface area contributed by atoms with E-state index in [1.54, 1.807) is 0 Å². The highest BCUT2D eigenvalue weighted by Gasteiger charge is 2.33. The van der Waals surface area contributed by atoms with Gasteiger partial charge in [0.2, 0.25) is 0 Å². The van der Waals surface area contributed by atoms with Crippen molar-refractivity contribution in [1.29, 1.82) is 0 Å². The molecule has 4 heteroatoms. The van der Waals surface area contributed by atoms with E-state index in [0.717, 1.165) is 24.8 Å². The van der Waals surface area contributed by atoms with Gasteiger partial charge in [-0.1, -0.05) is 6.07 Å². The molecular formula is C17H27N3O. The number of nitrogens with one attached hydrogen (secondary N) is 1. The Hall–Kier alpha value is -1.26. The van der Waals surface area contributed by atoms with Crippen molar-refractivity contribution in [3.05, 3.63) is 24.3 Å². The highest BCUT2D eigenvalue weighted by atomic mass is 16.5. The zero-order chi connectivity index (χ0) is 14.7. The summed E-state index contributed by atoms with van der Waals surface area (Å²) in [5.74, 6) is 1.78. The topological polar surface area (TPSA) is 27.7 Å². The minimum absolute atomic E-state index is 0.626. The molecule has 2 aliphatic rings. The van der Waals surface area contributed by atoms with Gasteiger partial charge in [0.25, 0.3) is 0 Å². The van der Waals surface area contributed by atoms with Gasteiger partial charge < -0.3 is 19.9 Å². The standard InChI is InChI=1S/C17H27N3O/c1-19(2)10-11-21-16-5-3-4-15(12-16)18-17-7-9-20-8-6-14(17)13-20/h3-5,12,14,17-18H,6-11,13H2,1-2H3. The van der Waals surface area contributed by atoms with Gasteiger partial charge in [-0.25, -0.2) is 0 Å². The van der Waals surface area contributed by atoms with Crippen LogP contribution in [0.5, 0.6) is 5.75 Å². The summed E-state index contributed by atoms with van der Waals surface area (Å²) in [6, 6.07) is 9.04. The van der Waals surface area contributed by atoms with Crippen LogP contribution in [0.1, 0.15) is 12.8 Å². The molecule has 2 heterocycles. The molecule has 1 aromatic carbocycles. The fourth-order valence-electron chi connectivity index (χ4n) is 3.38. The van der Waals surface area contributed by atoms with E-state index in [2.05, 4.69) is 47.4 Å². The first-order chi connectivity index (χ1) is 10.2. The van der Waals surface area contributed by atoms with E-state index in [9.17, 15) is 0 Å². The molecule has 0 aromatic heterocycles. The van der Waals surface area contributed by atoms with Gasteiger partial charge in [-0.05, 0) is 51.5 Å². The van der Waals surface area contributed by atoms with Crippen molar-refractivity contribution in [3.8, 4) is 5.75 Å². The molecule has 21 heavy (non-hydrogen) atoms. The quantitative estimate of drug-likeness (QED) is 0.868. The molecule has 0 spiro atoms. The molecule has 0 aliphatic carbocycles. The Morgan fingerprint density at radius 2 is 2.14 bits per heavy atom. The van der Waals surface area contributed by atoms with Crippen LogP contribution in [-0.4, -0.2) is 62.7 Å². The maximum absolute atomic E-state index is 5.82. The lowest BCUT2D eigenvalue weighted by atomic mass is 9.94. The summed E-state index contributed by atoms with van der Waals surface area (Å²) in [4.78, 5) is 4.72. The van der Waals surface area contributed by atoms with Crippen LogP contribution in [0.15, 0.2) is 24.3 Å². The predicted octanol–water partition coefficient (Wildman–Crippen LogP) is 2.13. The van der Waals surface area contributed by atoms with Crippen molar-refractivity contribution in [1.82, 2.24) is 9.80 Å². The van der Waals surface area contributed by atoms with Gasteiger partial charge in [-0.15, -0.1) is 0 Å². The molecular weight excluding hydrogens is 262 g/mol. The van der Waals surface area contributed by atoms with Crippen LogP contribution in [-0.2, 0) is 0 Å². The summed E-state index contributed by atoms with van der Waals surface area (Å²) in [6.45, 7) is 5.48. The molecule has 3 atom stereocenters. The maximum Gasteiger partial charge on any atom is 0.121 e. The van der Waals surface area contributed by atoms with Crippen LogP contribution in [0.3, 0.4) is 0 Å². The molecule has 116 valence electrons. The highest BCUT2D eigenvalue weighted by Crippen LogP contribution is 2.30. The summed E-state index contributed by atoms with van der Waals surface area (Å²) in [7, 11) is 4.13. The van der Waals surface area contributed by atoms with Gasteiger partial charge in [-0.2, -0.15) is 0 Å². The second-order valence-electron chi connectivity index (χ2n) is 6.57. The number of likely N-dealkylation sites (N-methyl/N-ethyl adjacent to an activating group) is 1. The molecule has 2 bridgehead atoms. The van der Waals surface area contributed by atoms with Gasteiger partial charge in [0.1, 0.15) is 12.4 Å². The van der Waals surface area contributed by atoms with Gasteiger partial charge in [-0.3, -0.25) is 0 Å². The monoisotopic (exact) mass is 289 g/mol. The Bertz CT molecular complexity index is 463. The van der Waals surface area contributed by atoms with E-state index in [0.29, 0.717) is 6.04 Å². The second-order valence-corrected chi connectivity index (χ2v) is 6.57. The Morgan fingerprint density at radius 3 is 3.00 bits per heavy atom. The number of nitrogens with zero attached hydrogens (tertiary/aromatic N) is 2. The third-order valence-corrected chi connectivity index (χ3v) is 4.63. The van der Waals surface area contributed by atoms with Crippen molar-refractivity contribution >= 4 is 5.69 Å². The normalized spacial score (nSPS) is 27.9. The third kappa shape index (κ3) is 3.89. The average Bonchev–Trinajstić information content (AvgIpc) is 2.85. The van der Waals surface area contributed by atoms with Crippen LogP contribution in [0, 0.1) is 5.92 Å². The van der Waals surface area contributed by atoms with Crippen molar-refractivity contribution in [3.63, 3.8) is 0 Å². The summed E-state index contributed by atoms with van der Waals surface area (Å²) < 4.78 is 5.82. The molecule has 2 aliphatic heterocycles. The average molecular weight is 289 g/mol. The van der Waals surface area contributed by atoms with E-state index in [1.807, 2.05) is 6.07 Å². The number of piperidine rings is 1. The van der Waals surface area contributed by atoms with Crippen LogP contribution in [0.4, 0.5) is 5.69 Å². The lowest BCUT2D eigenvalue weighted by Gasteiger charge is -2.31. The van der Waals surface area contributed by atoms with Gasteiger partial charge in [0.15, 0.2) is 0 Å². The lowest BCUT2D eigenvalue weighted by molar-refractivity contribution is 0.254. The molecule has 0 radical (unpaired) electrons. The fraction of sp³-hybridized carbons (Fsp3) is 0.647. The number of ether oxygens (including phenoxy) is 1. The predicted molar refractivity (Wildman–Crippen MR) is 87.1 cm³/mol. The molecule has 3 unspecified atom stereocenters. The van der Waals surface area contributed by atoms with E-state index >= 15 is 0 Å². The zero-order valence-corrected chi connectivity index (χ0v) is 13.2. The molecule has 4 nitrogen and oxygen atoms in total. The number of rotatable bonds is 6. The molecule has 1 aromatic rings. The minimum Gasteiger partial charge on any atom is -0.492 e. The number of hydrogen-bond acceptors (Lipinski definition) is 4. The maximum atomic E-state index is 5.82. The number of anilines is 1. The number of hydrogen-bond donors (Lipinski definition) is 1. The van der Waals surface area contributed by atoms with Crippen LogP contribution in [0.25, 0.3) is 0 Å². The molecule has 1 N–H and O–H groups in total. The SMILES string of the molecule is CN(C)CCOc1cccc(NC2CCN3CCC2C3)c1. The van der Waals surface area contributed by atoms with Gasteiger partial charge >= 0.3 is 0 Å². The smallest absolute Gasteiger partial charge is 0.121 e. The number of fused-ring (bicyclic) bond motifs is 2. The third-order valence-electron chi connectivity index (χ3n) is 4.63. The van der Waals surface area contributed by atoms with Crippen LogP contribution in [0.2, 0.25) is 0 Å². The van der Waals surface area contributed by atoms with Gasteiger partial charge in [0.05, 0.1) is 0 Å². The fourth-order valence-corrected chi connectivity index (χ4v) is 3.38. The largest absolute Gasteiger partial charge is 0.492 e. The molecule has 0 saturated carbocycles. The first kappa shape index (κ1) is 14.7. The first-order valence-electron chi connectivity index (χ1n) is 8.07. The Kier molecular flexibility index (Phi) is 4.66. The first-order valence-corrected chi connectivity index (χ1v) is 8.07. The molecule has 2 fully saturated rings. The van der Waals surface area contributed by atoms with Crippen molar-refractivity contribution in [2.24, 2.45) is 5.92 Å². The zero-order valence-electron chi connectivity index (χ0n) is 13.2.